The topological polar surface area (TPSA) is 46.9 Å². The lowest BCUT2D eigenvalue weighted by atomic mass is 10.0. The van der Waals surface area contributed by atoms with Crippen molar-refractivity contribution in [2.45, 2.75) is 18.4 Å². The van der Waals surface area contributed by atoms with Gasteiger partial charge in [-0.05, 0) is 35.9 Å². The van der Waals surface area contributed by atoms with Gasteiger partial charge < -0.3 is 9.88 Å². The molecule has 0 aliphatic rings. The molecule has 0 spiro atoms. The van der Waals surface area contributed by atoms with Crippen molar-refractivity contribution in [3.05, 3.63) is 88.0 Å². The number of hydrogen-bond donors (Lipinski definition) is 1. The molecule has 1 N–H and O–H groups in total. The van der Waals surface area contributed by atoms with Crippen LogP contribution in [0.3, 0.4) is 0 Å². The maximum atomic E-state index is 13.1. The van der Waals surface area contributed by atoms with E-state index in [0.717, 1.165) is 0 Å². The molecule has 0 saturated carbocycles. The predicted molar refractivity (Wildman–Crippen MR) is 100 cm³/mol. The van der Waals surface area contributed by atoms with Crippen LogP contribution in [0.25, 0.3) is 0 Å². The molecule has 1 amide bonds. The molecule has 0 radical (unpaired) electrons. The van der Waals surface area contributed by atoms with Crippen molar-refractivity contribution >= 4 is 17.5 Å². The molecule has 0 aliphatic heterocycles. The van der Waals surface area contributed by atoms with Crippen molar-refractivity contribution in [3.63, 3.8) is 0 Å². The lowest BCUT2D eigenvalue weighted by Gasteiger charge is -2.20. The minimum Gasteiger partial charge on any atom is -0.338 e. The van der Waals surface area contributed by atoms with Crippen LogP contribution in [0, 0.1) is 0 Å². The summed E-state index contributed by atoms with van der Waals surface area (Å²) >= 11 is 5.87. The molecule has 1 heterocycles. The van der Waals surface area contributed by atoms with Gasteiger partial charge in [-0.2, -0.15) is 26.3 Å². The van der Waals surface area contributed by atoms with Crippen LogP contribution in [0.5, 0.6) is 0 Å². The summed E-state index contributed by atoms with van der Waals surface area (Å²) in [6.07, 6.45) is -7.11. The average Bonchev–Trinajstić information content (AvgIpc) is 3.10. The zero-order valence-corrected chi connectivity index (χ0v) is 16.5. The van der Waals surface area contributed by atoms with Gasteiger partial charge in [0.15, 0.2) is 0 Å². The van der Waals surface area contributed by atoms with Crippen molar-refractivity contribution in [3.8, 4) is 0 Å². The second-order valence-electron chi connectivity index (χ2n) is 6.65. The number of nitrogens with zero attached hydrogens (tertiary/aromatic N) is 2. The van der Waals surface area contributed by atoms with Crippen molar-refractivity contribution in [2.75, 3.05) is 0 Å². The molecular weight excluding hydrogens is 448 g/mol. The first-order chi connectivity index (χ1) is 14.4. The number of rotatable bonds is 4. The number of benzene rings is 2. The van der Waals surface area contributed by atoms with E-state index in [4.69, 9.17) is 11.6 Å². The number of imidazole rings is 1. The molecule has 3 rings (SSSR count). The minimum absolute atomic E-state index is 0.0355. The predicted octanol–water partition coefficient (Wildman–Crippen LogP) is 5.63. The van der Waals surface area contributed by atoms with Gasteiger partial charge in [-0.25, -0.2) is 4.98 Å². The van der Waals surface area contributed by atoms with Crippen molar-refractivity contribution in [2.24, 2.45) is 7.05 Å². The molecule has 4 nitrogen and oxygen atoms in total. The maximum Gasteiger partial charge on any atom is 0.416 e. The van der Waals surface area contributed by atoms with Crippen LogP contribution in [-0.4, -0.2) is 15.5 Å². The number of aromatic nitrogens is 2. The molecular formula is C20H14ClF6N3O. The number of amides is 1. The fraction of sp³-hybridized carbons (Fsp3) is 0.200. The number of halogens is 7. The van der Waals surface area contributed by atoms with Crippen LogP contribution in [0.15, 0.2) is 54.9 Å². The monoisotopic (exact) mass is 461 g/mol. The van der Waals surface area contributed by atoms with Gasteiger partial charge >= 0.3 is 12.4 Å². The highest BCUT2D eigenvalue weighted by Crippen LogP contribution is 2.36. The van der Waals surface area contributed by atoms with E-state index in [1.54, 1.807) is 29.9 Å². The van der Waals surface area contributed by atoms with E-state index in [1.807, 2.05) is 0 Å². The third-order valence-corrected chi connectivity index (χ3v) is 4.70. The maximum absolute atomic E-state index is 13.1. The van der Waals surface area contributed by atoms with Gasteiger partial charge in [0.25, 0.3) is 5.91 Å². The number of aryl methyl sites for hydroxylation is 1. The first-order valence-electron chi connectivity index (χ1n) is 8.69. The molecule has 1 aromatic heterocycles. The number of nitrogens with one attached hydrogen (secondary N) is 1. The van der Waals surface area contributed by atoms with E-state index in [-0.39, 0.29) is 6.07 Å². The summed E-state index contributed by atoms with van der Waals surface area (Å²) in [5.74, 6) is -0.807. The van der Waals surface area contributed by atoms with E-state index < -0.39 is 41.0 Å². The third kappa shape index (κ3) is 5.19. The fourth-order valence-corrected chi connectivity index (χ4v) is 3.03. The Balaban J connectivity index is 2.04. The van der Waals surface area contributed by atoms with E-state index in [0.29, 0.717) is 28.5 Å². The zero-order chi connectivity index (χ0) is 23.0. The Morgan fingerprint density at radius 2 is 1.55 bits per heavy atom. The zero-order valence-electron chi connectivity index (χ0n) is 15.7. The van der Waals surface area contributed by atoms with Crippen LogP contribution in [0.2, 0.25) is 5.02 Å². The lowest BCUT2D eigenvalue weighted by molar-refractivity contribution is -0.143. The molecule has 0 aliphatic carbocycles. The molecule has 0 saturated heterocycles. The Bertz CT molecular complexity index is 1060. The molecule has 164 valence electrons. The summed E-state index contributed by atoms with van der Waals surface area (Å²) in [7, 11) is 1.63. The van der Waals surface area contributed by atoms with Gasteiger partial charge in [0, 0.05) is 30.0 Å². The molecule has 3 aromatic rings. The molecule has 0 fully saturated rings. The van der Waals surface area contributed by atoms with Crippen LogP contribution in [0.4, 0.5) is 26.3 Å². The number of alkyl halides is 6. The van der Waals surface area contributed by atoms with Gasteiger partial charge in [-0.15, -0.1) is 0 Å². The molecule has 1 atom stereocenters. The number of hydrogen-bond acceptors (Lipinski definition) is 2. The standard InChI is InChI=1S/C20H14ClF6N3O/c1-30-7-6-28-17(30)16(11-2-4-15(21)5-3-11)29-18(31)12-8-13(19(22,23)24)10-14(9-12)20(25,26)27/h2-10,16H,1H3,(H,29,31)/t16-/m1/s1. The Morgan fingerprint density at radius 3 is 2.00 bits per heavy atom. The molecule has 0 unspecified atom stereocenters. The molecule has 11 heteroatoms. The number of carbonyl (C=O) groups excluding carboxylic acids is 1. The highest BCUT2D eigenvalue weighted by molar-refractivity contribution is 6.30. The van der Waals surface area contributed by atoms with Crippen LogP contribution in [0.1, 0.15) is 38.9 Å². The average molecular weight is 462 g/mol. The van der Waals surface area contributed by atoms with Gasteiger partial charge in [0.05, 0.1) is 11.1 Å². The van der Waals surface area contributed by atoms with E-state index in [1.165, 1.54) is 18.3 Å². The molecule has 2 aromatic carbocycles. The summed E-state index contributed by atoms with van der Waals surface area (Å²) in [4.78, 5) is 16.9. The van der Waals surface area contributed by atoms with Crippen molar-refractivity contribution < 1.29 is 31.1 Å². The Labute approximate surface area is 177 Å². The van der Waals surface area contributed by atoms with Gasteiger partial charge in [-0.3, -0.25) is 4.79 Å². The van der Waals surface area contributed by atoms with Crippen LogP contribution >= 0.6 is 11.6 Å². The van der Waals surface area contributed by atoms with Crippen molar-refractivity contribution in [1.82, 2.24) is 14.9 Å². The van der Waals surface area contributed by atoms with Crippen LogP contribution < -0.4 is 5.32 Å². The number of carbonyl (C=O) groups is 1. The second kappa shape index (κ2) is 8.26. The first kappa shape index (κ1) is 22.7. The van der Waals surface area contributed by atoms with E-state index in [9.17, 15) is 31.1 Å². The third-order valence-electron chi connectivity index (χ3n) is 4.45. The summed E-state index contributed by atoms with van der Waals surface area (Å²) < 4.78 is 80.3. The SMILES string of the molecule is Cn1ccnc1[C@H](NC(=O)c1cc(C(F)(F)F)cc(C(F)(F)F)c1)c1ccc(Cl)cc1. The summed E-state index contributed by atoms with van der Waals surface area (Å²) in [5.41, 5.74) is -3.45. The minimum atomic E-state index is -5.06. The lowest BCUT2D eigenvalue weighted by Crippen LogP contribution is -2.31. The van der Waals surface area contributed by atoms with Crippen molar-refractivity contribution in [1.29, 1.82) is 0 Å². The Kier molecular flexibility index (Phi) is 6.04. The normalized spacial score (nSPS) is 13.2. The Morgan fingerprint density at radius 1 is 1.00 bits per heavy atom. The smallest absolute Gasteiger partial charge is 0.338 e. The highest BCUT2D eigenvalue weighted by atomic mass is 35.5. The van der Waals surface area contributed by atoms with Gasteiger partial charge in [0.1, 0.15) is 11.9 Å². The summed E-state index contributed by atoms with van der Waals surface area (Å²) in [5, 5.41) is 2.87. The Hall–Kier alpha value is -3.01. The molecule has 31 heavy (non-hydrogen) atoms. The van der Waals surface area contributed by atoms with E-state index >= 15 is 0 Å². The summed E-state index contributed by atoms with van der Waals surface area (Å²) in [6, 6.07) is 5.96. The fourth-order valence-electron chi connectivity index (χ4n) is 2.91. The highest BCUT2D eigenvalue weighted by Gasteiger charge is 2.37. The first-order valence-corrected chi connectivity index (χ1v) is 9.07. The van der Waals surface area contributed by atoms with Crippen LogP contribution in [-0.2, 0) is 19.4 Å². The summed E-state index contributed by atoms with van der Waals surface area (Å²) in [6.45, 7) is 0. The second-order valence-corrected chi connectivity index (χ2v) is 7.09. The largest absolute Gasteiger partial charge is 0.416 e. The van der Waals surface area contributed by atoms with E-state index in [2.05, 4.69) is 10.3 Å². The van der Waals surface area contributed by atoms with Gasteiger partial charge in [0.2, 0.25) is 0 Å². The van der Waals surface area contributed by atoms with Gasteiger partial charge in [-0.1, -0.05) is 23.7 Å². The molecule has 0 bridgehead atoms. The quantitative estimate of drug-likeness (QED) is 0.512.